The molecule has 6 heterocycles. The molecule has 2 saturated heterocycles. The first-order valence-corrected chi connectivity index (χ1v) is 19.2. The number of carbonyl (C=O) groups excluding carboxylic acids is 3. The van der Waals surface area contributed by atoms with Crippen LogP contribution < -0.4 is 5.32 Å². The molecule has 0 bridgehead atoms. The highest BCUT2D eigenvalue weighted by atomic mass is 32.1. The minimum atomic E-state index is -1.12. The minimum absolute atomic E-state index is 0.108. The lowest BCUT2D eigenvalue weighted by molar-refractivity contribution is -0.138. The monoisotopic (exact) mass is 750 g/mol. The molecule has 0 aliphatic carbocycles. The summed E-state index contributed by atoms with van der Waals surface area (Å²) < 4.78 is 4.75. The number of carboxylic acid groups (broad SMARTS) is 1. The smallest absolute Gasteiger partial charge is 0.407 e. The zero-order valence-corrected chi connectivity index (χ0v) is 31.8. The van der Waals surface area contributed by atoms with Gasteiger partial charge in [-0.3, -0.25) is 14.5 Å². The van der Waals surface area contributed by atoms with Crippen LogP contribution in [0.25, 0.3) is 30.9 Å². The van der Waals surface area contributed by atoms with Gasteiger partial charge in [0.05, 0.1) is 52.7 Å². The van der Waals surface area contributed by atoms with Crippen LogP contribution in [0.1, 0.15) is 77.1 Å². The number of aromatic amines is 2. The molecule has 2 aliphatic heterocycles. The minimum Gasteiger partial charge on any atom is -0.465 e. The van der Waals surface area contributed by atoms with Crippen LogP contribution in [-0.4, -0.2) is 103 Å². The van der Waals surface area contributed by atoms with Crippen molar-refractivity contribution in [3.63, 3.8) is 0 Å². The molecule has 0 aromatic carbocycles. The topological polar surface area (TPSA) is 177 Å². The van der Waals surface area contributed by atoms with E-state index in [1.54, 1.807) is 38.7 Å². The first-order valence-electron chi connectivity index (χ1n) is 17.6. The highest BCUT2D eigenvalue weighted by Gasteiger charge is 2.40. The maximum Gasteiger partial charge on any atom is 0.407 e. The van der Waals surface area contributed by atoms with Gasteiger partial charge < -0.3 is 34.9 Å². The SMILES string of the molecule is COC(=O)N[C@@H](C(=O)N1CCC[C@H]1c1ncc(-c2ccc(-c3ccc(-c4cnc([C@@H]5CCCN5C(=O)[C@@H](C(C)C)N(C)C(=O)O)[nH]4)s3)s2)[nH]1)C(C)C. The zero-order chi connectivity index (χ0) is 37.3. The quantitative estimate of drug-likeness (QED) is 0.133. The Hall–Kier alpha value is -4.70. The lowest BCUT2D eigenvalue weighted by Gasteiger charge is -2.33. The van der Waals surface area contributed by atoms with Gasteiger partial charge in [0.1, 0.15) is 23.7 Å². The van der Waals surface area contributed by atoms with E-state index in [9.17, 15) is 24.3 Å². The fourth-order valence-corrected chi connectivity index (χ4v) is 9.22. The number of nitrogens with zero attached hydrogens (tertiary/aromatic N) is 5. The molecule has 0 radical (unpaired) electrons. The molecule has 2 aliphatic rings. The first kappa shape index (κ1) is 37.1. The fourth-order valence-electron chi connectivity index (χ4n) is 7.19. The normalized spacial score (nSPS) is 18.6. The number of likely N-dealkylation sites (tertiary alicyclic amines) is 2. The maximum atomic E-state index is 13.6. The van der Waals surface area contributed by atoms with Crippen molar-refractivity contribution in [1.29, 1.82) is 0 Å². The number of H-pyrrole nitrogens is 2. The van der Waals surface area contributed by atoms with Gasteiger partial charge in [-0.15, -0.1) is 22.7 Å². The Balaban J connectivity index is 1.14. The van der Waals surface area contributed by atoms with Gasteiger partial charge in [0.25, 0.3) is 0 Å². The van der Waals surface area contributed by atoms with Crippen molar-refractivity contribution in [3.05, 3.63) is 48.3 Å². The van der Waals surface area contributed by atoms with E-state index in [1.807, 2.05) is 33.9 Å². The molecule has 4 aromatic rings. The molecule has 278 valence electrons. The van der Waals surface area contributed by atoms with Crippen molar-refractivity contribution >= 4 is 46.7 Å². The summed E-state index contributed by atoms with van der Waals surface area (Å²) in [5.74, 6) is 0.803. The number of carbonyl (C=O) groups is 4. The molecule has 4 atom stereocenters. The summed E-state index contributed by atoms with van der Waals surface area (Å²) in [7, 11) is 2.73. The Bertz CT molecular complexity index is 1910. The maximum absolute atomic E-state index is 13.6. The van der Waals surface area contributed by atoms with E-state index in [2.05, 4.69) is 49.5 Å². The number of nitrogens with one attached hydrogen (secondary N) is 3. The highest BCUT2D eigenvalue weighted by molar-refractivity contribution is 7.25. The fraction of sp³-hybridized carbons (Fsp3) is 0.500. The summed E-state index contributed by atoms with van der Waals surface area (Å²) >= 11 is 3.29. The Morgan fingerprint density at radius 2 is 1.31 bits per heavy atom. The van der Waals surface area contributed by atoms with Gasteiger partial charge in [-0.1, -0.05) is 27.7 Å². The van der Waals surface area contributed by atoms with Crippen LogP contribution in [-0.2, 0) is 14.3 Å². The number of likely N-dealkylation sites (N-methyl/N-ethyl adjacent to an activating group) is 1. The second kappa shape index (κ2) is 15.5. The average molecular weight is 751 g/mol. The number of imidazole rings is 2. The number of thiophene rings is 2. The number of rotatable bonds is 11. The van der Waals surface area contributed by atoms with Gasteiger partial charge in [-0.25, -0.2) is 19.6 Å². The number of methoxy groups -OCH3 is 1. The number of hydrogen-bond acceptors (Lipinski definition) is 9. The van der Waals surface area contributed by atoms with Gasteiger partial charge in [0, 0.05) is 29.9 Å². The molecular weight excluding hydrogens is 705 g/mol. The van der Waals surface area contributed by atoms with E-state index in [4.69, 9.17) is 4.74 Å². The molecule has 6 rings (SSSR count). The number of alkyl carbamates (subject to hydrolysis) is 1. The van der Waals surface area contributed by atoms with E-state index in [-0.39, 0.29) is 35.7 Å². The van der Waals surface area contributed by atoms with Gasteiger partial charge >= 0.3 is 12.2 Å². The molecule has 14 nitrogen and oxygen atoms in total. The molecular formula is C36H46N8O6S2. The number of amides is 4. The molecule has 4 amide bonds. The number of aromatic nitrogens is 4. The second-order valence-electron chi connectivity index (χ2n) is 14.0. The lowest BCUT2D eigenvalue weighted by Crippen LogP contribution is -2.51. The predicted molar refractivity (Wildman–Crippen MR) is 199 cm³/mol. The Morgan fingerprint density at radius 3 is 1.75 bits per heavy atom. The summed E-state index contributed by atoms with van der Waals surface area (Å²) in [5.41, 5.74) is 1.74. The van der Waals surface area contributed by atoms with Crippen molar-refractivity contribution in [3.8, 4) is 30.9 Å². The van der Waals surface area contributed by atoms with Crippen LogP contribution in [0.5, 0.6) is 0 Å². The van der Waals surface area contributed by atoms with E-state index < -0.39 is 24.3 Å². The second-order valence-corrected chi connectivity index (χ2v) is 16.2. The van der Waals surface area contributed by atoms with Crippen molar-refractivity contribution in [1.82, 2.24) is 40.0 Å². The van der Waals surface area contributed by atoms with Crippen LogP contribution in [0.2, 0.25) is 0 Å². The third-order valence-electron chi connectivity index (χ3n) is 9.87. The summed E-state index contributed by atoms with van der Waals surface area (Å²) in [6.45, 7) is 8.67. The standard InChI is InChI=1S/C36H46N8O6S2/c1-19(2)29(41-35(47)50-6)33(45)43-15-7-9-23(43)31-37-17-21(39-31)25-11-13-27(51-25)28-14-12-26(52-28)22-18-38-32(40-22)24-10-8-16-44(24)34(46)30(20(3)4)42(5)36(48)49/h11-14,17-20,23-24,29-30H,7-10,15-16H2,1-6H3,(H,37,39)(H,38,40)(H,41,47)(H,48,49)/t23-,24-,29+,30+/m0/s1. The molecule has 0 spiro atoms. The molecule has 4 aromatic heterocycles. The van der Waals surface area contributed by atoms with Crippen LogP contribution in [0.3, 0.4) is 0 Å². The van der Waals surface area contributed by atoms with Crippen LogP contribution in [0.4, 0.5) is 9.59 Å². The van der Waals surface area contributed by atoms with Crippen molar-refractivity contribution in [2.24, 2.45) is 11.8 Å². The van der Waals surface area contributed by atoms with Crippen molar-refractivity contribution < 1.29 is 29.0 Å². The summed E-state index contributed by atoms with van der Waals surface area (Å²) in [6, 6.07) is 6.39. The average Bonchev–Trinajstić information content (AvgIpc) is 3.96. The van der Waals surface area contributed by atoms with E-state index >= 15 is 0 Å². The summed E-state index contributed by atoms with van der Waals surface area (Å²) in [5, 5.41) is 12.3. The van der Waals surface area contributed by atoms with Crippen LogP contribution in [0, 0.1) is 11.8 Å². The Kier molecular flexibility index (Phi) is 11.0. The van der Waals surface area contributed by atoms with Crippen molar-refractivity contribution in [2.75, 3.05) is 27.2 Å². The molecule has 2 fully saturated rings. The molecule has 4 N–H and O–H groups in total. The zero-order valence-electron chi connectivity index (χ0n) is 30.2. The number of hydrogen-bond donors (Lipinski definition) is 4. The van der Waals surface area contributed by atoms with Crippen LogP contribution >= 0.6 is 22.7 Å². The van der Waals surface area contributed by atoms with E-state index in [1.165, 1.54) is 14.2 Å². The summed E-state index contributed by atoms with van der Waals surface area (Å²) in [6.07, 6.45) is 5.05. The molecule has 0 unspecified atom stereocenters. The largest absolute Gasteiger partial charge is 0.465 e. The third kappa shape index (κ3) is 7.44. The Morgan fingerprint density at radius 1 is 0.827 bits per heavy atom. The van der Waals surface area contributed by atoms with E-state index in [0.717, 1.165) is 67.3 Å². The van der Waals surface area contributed by atoms with Gasteiger partial charge in [0.2, 0.25) is 11.8 Å². The predicted octanol–water partition coefficient (Wildman–Crippen LogP) is 6.60. The third-order valence-corrected chi connectivity index (χ3v) is 12.3. The van der Waals surface area contributed by atoms with Crippen molar-refractivity contribution in [2.45, 2.75) is 77.5 Å². The number of ether oxygens (including phenoxy) is 1. The molecule has 0 saturated carbocycles. The summed E-state index contributed by atoms with van der Waals surface area (Å²) in [4.78, 5) is 76.0. The van der Waals surface area contributed by atoms with Gasteiger partial charge in [-0.2, -0.15) is 0 Å². The highest BCUT2D eigenvalue weighted by Crippen LogP contribution is 2.41. The van der Waals surface area contributed by atoms with Crippen LogP contribution in [0.15, 0.2) is 36.7 Å². The Labute approximate surface area is 310 Å². The molecule has 16 heteroatoms. The first-order chi connectivity index (χ1) is 24.9. The van der Waals surface area contributed by atoms with Gasteiger partial charge in [0.15, 0.2) is 0 Å². The lowest BCUT2D eigenvalue weighted by atomic mass is 10.0. The molecule has 52 heavy (non-hydrogen) atoms. The van der Waals surface area contributed by atoms with Gasteiger partial charge in [-0.05, 0) is 61.8 Å². The van der Waals surface area contributed by atoms with E-state index in [0.29, 0.717) is 18.9 Å².